The van der Waals surface area contributed by atoms with Gasteiger partial charge in [0.15, 0.2) is 0 Å². The number of amides is 1. The molecule has 1 amide bonds. The highest BCUT2D eigenvalue weighted by molar-refractivity contribution is 5.97. The van der Waals surface area contributed by atoms with Gasteiger partial charge in [-0.15, -0.1) is 0 Å². The van der Waals surface area contributed by atoms with Crippen molar-refractivity contribution in [2.75, 3.05) is 13.1 Å². The molecule has 0 aliphatic carbocycles. The van der Waals surface area contributed by atoms with Gasteiger partial charge in [-0.1, -0.05) is 0 Å². The molecule has 6 heteroatoms. The number of hydrogen-bond acceptors (Lipinski definition) is 4. The van der Waals surface area contributed by atoms with Crippen molar-refractivity contribution in [3.63, 3.8) is 0 Å². The Bertz CT molecular complexity index is 440. The molecule has 0 saturated carbocycles. The van der Waals surface area contributed by atoms with E-state index in [0.29, 0.717) is 0 Å². The standard InChI is InChI=1S/C10H10N2O4/c13-8-3-11-2-1-7(8)9(14)12-4-6(5-12)10(15)16/h1-3,6,13H,4-5H2,(H,15,16). The Morgan fingerprint density at radius 3 is 2.69 bits per heavy atom. The second-order valence-corrected chi connectivity index (χ2v) is 3.64. The van der Waals surface area contributed by atoms with Gasteiger partial charge in [0.2, 0.25) is 0 Å². The number of rotatable bonds is 2. The van der Waals surface area contributed by atoms with E-state index in [2.05, 4.69) is 4.98 Å². The summed E-state index contributed by atoms with van der Waals surface area (Å²) < 4.78 is 0. The van der Waals surface area contributed by atoms with Crippen molar-refractivity contribution >= 4 is 11.9 Å². The highest BCUT2D eigenvalue weighted by Crippen LogP contribution is 2.22. The van der Waals surface area contributed by atoms with Crippen LogP contribution in [0.3, 0.4) is 0 Å². The average molecular weight is 222 g/mol. The van der Waals surface area contributed by atoms with Crippen LogP contribution in [0.1, 0.15) is 10.4 Å². The van der Waals surface area contributed by atoms with Gasteiger partial charge in [0.1, 0.15) is 5.75 Å². The molecule has 1 aliphatic heterocycles. The van der Waals surface area contributed by atoms with E-state index in [9.17, 15) is 14.7 Å². The number of aromatic hydroxyl groups is 1. The number of carboxylic acid groups (broad SMARTS) is 1. The Morgan fingerprint density at radius 1 is 1.44 bits per heavy atom. The van der Waals surface area contributed by atoms with Gasteiger partial charge >= 0.3 is 5.97 Å². The van der Waals surface area contributed by atoms with Gasteiger partial charge in [-0.3, -0.25) is 14.6 Å². The summed E-state index contributed by atoms with van der Waals surface area (Å²) in [6.07, 6.45) is 2.59. The second kappa shape index (κ2) is 3.80. The fourth-order valence-electron chi connectivity index (χ4n) is 1.54. The van der Waals surface area contributed by atoms with Crippen LogP contribution in [0.4, 0.5) is 0 Å². The van der Waals surface area contributed by atoms with Crippen LogP contribution in [0.2, 0.25) is 0 Å². The number of aliphatic carboxylic acids is 1. The minimum atomic E-state index is -0.900. The molecule has 16 heavy (non-hydrogen) atoms. The maximum absolute atomic E-state index is 11.8. The van der Waals surface area contributed by atoms with Gasteiger partial charge in [0.05, 0.1) is 17.7 Å². The molecule has 0 bridgehead atoms. The largest absolute Gasteiger partial charge is 0.505 e. The van der Waals surface area contributed by atoms with Gasteiger partial charge in [0, 0.05) is 19.3 Å². The lowest BCUT2D eigenvalue weighted by molar-refractivity contribution is -0.146. The first kappa shape index (κ1) is 10.4. The molecule has 1 aliphatic rings. The van der Waals surface area contributed by atoms with E-state index in [1.165, 1.54) is 23.4 Å². The predicted molar refractivity (Wildman–Crippen MR) is 52.9 cm³/mol. The topological polar surface area (TPSA) is 90.7 Å². The van der Waals surface area contributed by atoms with Crippen LogP contribution in [-0.2, 0) is 4.79 Å². The van der Waals surface area contributed by atoms with E-state index in [1.54, 1.807) is 0 Å². The molecule has 1 aromatic rings. The van der Waals surface area contributed by atoms with Crippen LogP contribution < -0.4 is 0 Å². The molecule has 2 rings (SSSR count). The molecular weight excluding hydrogens is 212 g/mol. The molecule has 0 radical (unpaired) electrons. The lowest BCUT2D eigenvalue weighted by atomic mass is 9.99. The average Bonchev–Trinajstić information content (AvgIpc) is 2.15. The van der Waals surface area contributed by atoms with E-state index in [-0.39, 0.29) is 30.3 Å². The summed E-state index contributed by atoms with van der Waals surface area (Å²) in [6.45, 7) is 0.381. The predicted octanol–water partition coefficient (Wildman–Crippen LogP) is -0.0562. The number of nitrogens with zero attached hydrogens (tertiary/aromatic N) is 2. The maximum atomic E-state index is 11.8. The number of carbonyl (C=O) groups is 2. The smallest absolute Gasteiger partial charge is 0.310 e. The first-order chi connectivity index (χ1) is 7.59. The summed E-state index contributed by atoms with van der Waals surface area (Å²) in [5, 5.41) is 18.1. The fraction of sp³-hybridized carbons (Fsp3) is 0.300. The van der Waals surface area contributed by atoms with Gasteiger partial charge in [-0.25, -0.2) is 0 Å². The number of aromatic nitrogens is 1. The normalized spacial score (nSPS) is 15.6. The first-order valence-corrected chi connectivity index (χ1v) is 4.74. The number of hydrogen-bond donors (Lipinski definition) is 2. The molecule has 0 unspecified atom stereocenters. The minimum Gasteiger partial charge on any atom is -0.505 e. The van der Waals surface area contributed by atoms with Crippen LogP contribution in [0.15, 0.2) is 18.5 Å². The summed E-state index contributed by atoms with van der Waals surface area (Å²) >= 11 is 0. The van der Waals surface area contributed by atoms with Crippen LogP contribution in [0.5, 0.6) is 5.75 Å². The fourth-order valence-corrected chi connectivity index (χ4v) is 1.54. The van der Waals surface area contributed by atoms with Crippen molar-refractivity contribution < 1.29 is 19.8 Å². The van der Waals surface area contributed by atoms with Crippen molar-refractivity contribution in [3.8, 4) is 5.75 Å². The van der Waals surface area contributed by atoms with Gasteiger partial charge < -0.3 is 15.1 Å². The monoisotopic (exact) mass is 222 g/mol. The van der Waals surface area contributed by atoms with Crippen molar-refractivity contribution in [1.82, 2.24) is 9.88 Å². The molecule has 84 valence electrons. The number of likely N-dealkylation sites (tertiary alicyclic amines) is 1. The number of carboxylic acids is 1. The molecule has 1 saturated heterocycles. The van der Waals surface area contributed by atoms with Crippen molar-refractivity contribution in [2.45, 2.75) is 0 Å². The van der Waals surface area contributed by atoms with E-state index in [4.69, 9.17) is 5.11 Å². The molecule has 6 nitrogen and oxygen atoms in total. The zero-order valence-corrected chi connectivity index (χ0v) is 8.33. The van der Waals surface area contributed by atoms with Crippen molar-refractivity contribution in [1.29, 1.82) is 0 Å². The Hall–Kier alpha value is -2.11. The van der Waals surface area contributed by atoms with E-state index in [0.717, 1.165) is 0 Å². The SMILES string of the molecule is O=C(O)C1CN(C(=O)c2ccncc2O)C1. The summed E-state index contributed by atoms with van der Waals surface area (Å²) in [7, 11) is 0. The summed E-state index contributed by atoms with van der Waals surface area (Å²) in [5.41, 5.74) is 0.152. The van der Waals surface area contributed by atoms with Crippen LogP contribution in [0.25, 0.3) is 0 Å². The molecule has 2 heterocycles. The highest BCUT2D eigenvalue weighted by Gasteiger charge is 2.36. The molecule has 0 aromatic carbocycles. The summed E-state index contributed by atoms with van der Waals surface area (Å²) in [5.74, 6) is -1.94. The lowest BCUT2D eigenvalue weighted by Crippen LogP contribution is -2.53. The zero-order valence-electron chi connectivity index (χ0n) is 8.33. The Balaban J connectivity index is 2.06. The third-order valence-electron chi connectivity index (χ3n) is 2.55. The lowest BCUT2D eigenvalue weighted by Gasteiger charge is -2.36. The van der Waals surface area contributed by atoms with E-state index >= 15 is 0 Å². The van der Waals surface area contributed by atoms with Crippen LogP contribution in [-0.4, -0.2) is 45.1 Å². The first-order valence-electron chi connectivity index (χ1n) is 4.74. The number of carbonyl (C=O) groups excluding carboxylic acids is 1. The third-order valence-corrected chi connectivity index (χ3v) is 2.55. The maximum Gasteiger partial charge on any atom is 0.310 e. The zero-order chi connectivity index (χ0) is 11.7. The Labute approximate surface area is 91.1 Å². The van der Waals surface area contributed by atoms with Crippen LogP contribution in [0, 0.1) is 5.92 Å². The quantitative estimate of drug-likeness (QED) is 0.731. The molecule has 1 fully saturated rings. The van der Waals surface area contributed by atoms with Gasteiger partial charge in [-0.2, -0.15) is 0 Å². The molecule has 0 spiro atoms. The summed E-state index contributed by atoms with van der Waals surface area (Å²) in [4.78, 5) is 27.4. The minimum absolute atomic E-state index is 0.152. The Morgan fingerprint density at radius 2 is 2.12 bits per heavy atom. The van der Waals surface area contributed by atoms with Crippen molar-refractivity contribution in [2.24, 2.45) is 5.92 Å². The molecule has 1 aromatic heterocycles. The second-order valence-electron chi connectivity index (χ2n) is 3.64. The molecular formula is C10H10N2O4. The number of pyridine rings is 1. The van der Waals surface area contributed by atoms with E-state index < -0.39 is 11.9 Å². The van der Waals surface area contributed by atoms with Gasteiger partial charge in [-0.05, 0) is 6.07 Å². The summed E-state index contributed by atoms with van der Waals surface area (Å²) in [6, 6.07) is 1.41. The van der Waals surface area contributed by atoms with Crippen LogP contribution >= 0.6 is 0 Å². The molecule has 0 atom stereocenters. The third kappa shape index (κ3) is 1.69. The highest BCUT2D eigenvalue weighted by atomic mass is 16.4. The van der Waals surface area contributed by atoms with Gasteiger partial charge in [0.25, 0.3) is 5.91 Å². The van der Waals surface area contributed by atoms with E-state index in [1.807, 2.05) is 0 Å². The molecule has 2 N–H and O–H groups in total. The van der Waals surface area contributed by atoms with Crippen molar-refractivity contribution in [3.05, 3.63) is 24.0 Å². The Kier molecular flexibility index (Phi) is 2.47.